The Kier molecular flexibility index (Phi) is 5.11. The summed E-state index contributed by atoms with van der Waals surface area (Å²) in [4.78, 5) is 0.356. The molecular formula is C12H19NO3S. The predicted molar refractivity (Wildman–Crippen MR) is 67.6 cm³/mol. The summed E-state index contributed by atoms with van der Waals surface area (Å²) < 4.78 is 28.7. The van der Waals surface area contributed by atoms with Crippen molar-refractivity contribution in [3.63, 3.8) is 0 Å². The fourth-order valence-corrected chi connectivity index (χ4v) is 2.34. The Labute approximate surface area is 103 Å². The van der Waals surface area contributed by atoms with Gasteiger partial charge in [-0.3, -0.25) is 0 Å². The Bertz CT molecular complexity index is 439. The van der Waals surface area contributed by atoms with Crippen molar-refractivity contribution in [2.24, 2.45) is 5.73 Å². The molecule has 1 rings (SSSR count). The van der Waals surface area contributed by atoms with E-state index in [2.05, 4.69) is 0 Å². The minimum atomic E-state index is -3.12. The number of rotatable bonds is 6. The molecule has 0 amide bonds. The molecule has 0 aliphatic heterocycles. The first kappa shape index (κ1) is 14.2. The lowest BCUT2D eigenvalue weighted by atomic mass is 10.1. The highest BCUT2D eigenvalue weighted by Gasteiger charge is 2.12. The fraction of sp³-hybridized carbons (Fsp3) is 0.500. The monoisotopic (exact) mass is 257 g/mol. The van der Waals surface area contributed by atoms with Gasteiger partial charge >= 0.3 is 0 Å². The van der Waals surface area contributed by atoms with Crippen LogP contribution >= 0.6 is 0 Å². The van der Waals surface area contributed by atoms with Crippen LogP contribution in [0, 0.1) is 0 Å². The quantitative estimate of drug-likeness (QED) is 0.838. The van der Waals surface area contributed by atoms with E-state index in [0.717, 1.165) is 5.56 Å². The first-order chi connectivity index (χ1) is 8.01. The summed E-state index contributed by atoms with van der Waals surface area (Å²) in [6.45, 7) is 4.53. The van der Waals surface area contributed by atoms with E-state index in [-0.39, 0.29) is 11.9 Å². The van der Waals surface area contributed by atoms with E-state index in [1.807, 2.05) is 6.92 Å². The predicted octanol–water partition coefficient (Wildman–Crippen LogP) is 1.52. The molecule has 0 aliphatic carbocycles. The molecule has 5 heteroatoms. The van der Waals surface area contributed by atoms with Crippen molar-refractivity contribution in [2.75, 3.05) is 18.9 Å². The van der Waals surface area contributed by atoms with Crippen molar-refractivity contribution < 1.29 is 13.2 Å². The van der Waals surface area contributed by atoms with Gasteiger partial charge in [0.05, 0.1) is 23.4 Å². The Morgan fingerprint density at radius 3 is 2.35 bits per heavy atom. The molecule has 0 heterocycles. The number of nitrogens with two attached hydrogens (primary N) is 1. The van der Waals surface area contributed by atoms with Crippen molar-refractivity contribution in [2.45, 2.75) is 24.8 Å². The first-order valence-electron chi connectivity index (χ1n) is 5.65. The standard InChI is InChI=1S/C12H19NO3S/c1-3-17(14,15)12-6-4-11(5-7-12)10(2)16-9-8-13/h4-7,10H,3,8-9,13H2,1-2H3. The Balaban J connectivity index is 2.81. The largest absolute Gasteiger partial charge is 0.373 e. The second-order valence-corrected chi connectivity index (χ2v) is 6.05. The van der Waals surface area contributed by atoms with E-state index in [1.165, 1.54) is 0 Å². The Hall–Kier alpha value is -0.910. The normalized spacial score (nSPS) is 13.6. The molecule has 1 atom stereocenters. The van der Waals surface area contributed by atoms with E-state index in [4.69, 9.17) is 10.5 Å². The van der Waals surface area contributed by atoms with Crippen LogP contribution in [-0.4, -0.2) is 27.3 Å². The molecule has 2 N–H and O–H groups in total. The Morgan fingerprint density at radius 2 is 1.88 bits per heavy atom. The highest BCUT2D eigenvalue weighted by Crippen LogP contribution is 2.19. The number of benzene rings is 1. The molecule has 0 fully saturated rings. The average Bonchev–Trinajstić information content (AvgIpc) is 2.36. The average molecular weight is 257 g/mol. The molecule has 0 spiro atoms. The lowest BCUT2D eigenvalue weighted by molar-refractivity contribution is 0.0717. The van der Waals surface area contributed by atoms with Crippen LogP contribution in [0.25, 0.3) is 0 Å². The number of ether oxygens (including phenoxy) is 1. The van der Waals surface area contributed by atoms with E-state index < -0.39 is 9.84 Å². The maximum Gasteiger partial charge on any atom is 0.178 e. The Morgan fingerprint density at radius 1 is 1.29 bits per heavy atom. The lowest BCUT2D eigenvalue weighted by Gasteiger charge is -2.13. The van der Waals surface area contributed by atoms with Crippen LogP contribution in [-0.2, 0) is 14.6 Å². The third-order valence-electron chi connectivity index (χ3n) is 2.57. The molecule has 96 valence electrons. The van der Waals surface area contributed by atoms with Crippen LogP contribution in [0.2, 0.25) is 0 Å². The van der Waals surface area contributed by atoms with Gasteiger partial charge in [0.25, 0.3) is 0 Å². The highest BCUT2D eigenvalue weighted by molar-refractivity contribution is 7.91. The number of hydrogen-bond donors (Lipinski definition) is 1. The fourth-order valence-electron chi connectivity index (χ4n) is 1.45. The molecule has 17 heavy (non-hydrogen) atoms. The minimum absolute atomic E-state index is 0.0723. The molecule has 4 nitrogen and oxygen atoms in total. The third-order valence-corrected chi connectivity index (χ3v) is 4.32. The topological polar surface area (TPSA) is 69.4 Å². The summed E-state index contributed by atoms with van der Waals surface area (Å²) in [7, 11) is -3.12. The molecule has 0 aliphatic rings. The van der Waals surface area contributed by atoms with E-state index in [9.17, 15) is 8.42 Å². The molecule has 0 saturated carbocycles. The summed E-state index contributed by atoms with van der Waals surface area (Å²) in [5, 5.41) is 0. The smallest absolute Gasteiger partial charge is 0.178 e. The van der Waals surface area contributed by atoms with Gasteiger partial charge in [-0.25, -0.2) is 8.42 Å². The molecule has 0 bridgehead atoms. The zero-order chi connectivity index (χ0) is 12.9. The van der Waals surface area contributed by atoms with Gasteiger partial charge in [-0.2, -0.15) is 0 Å². The molecule has 1 unspecified atom stereocenters. The zero-order valence-electron chi connectivity index (χ0n) is 10.2. The second-order valence-electron chi connectivity index (χ2n) is 3.77. The van der Waals surface area contributed by atoms with Gasteiger partial charge in [0, 0.05) is 6.54 Å². The van der Waals surface area contributed by atoms with E-state index >= 15 is 0 Å². The molecular weight excluding hydrogens is 238 g/mol. The lowest BCUT2D eigenvalue weighted by Crippen LogP contribution is -2.11. The molecule has 1 aromatic rings. The van der Waals surface area contributed by atoms with Crippen LogP contribution in [0.5, 0.6) is 0 Å². The third kappa shape index (κ3) is 3.80. The zero-order valence-corrected chi connectivity index (χ0v) is 11.0. The maximum atomic E-state index is 11.6. The van der Waals surface area contributed by atoms with Crippen molar-refractivity contribution >= 4 is 9.84 Å². The van der Waals surface area contributed by atoms with Crippen molar-refractivity contribution in [1.82, 2.24) is 0 Å². The van der Waals surface area contributed by atoms with Crippen molar-refractivity contribution in [3.05, 3.63) is 29.8 Å². The molecule has 0 radical (unpaired) electrons. The van der Waals surface area contributed by atoms with Crippen LogP contribution in [0.1, 0.15) is 25.5 Å². The summed E-state index contributed by atoms with van der Waals surface area (Å²) in [6.07, 6.45) is -0.0723. The van der Waals surface area contributed by atoms with Crippen molar-refractivity contribution in [3.8, 4) is 0 Å². The van der Waals surface area contributed by atoms with Crippen LogP contribution < -0.4 is 5.73 Å². The molecule has 0 saturated heterocycles. The highest BCUT2D eigenvalue weighted by atomic mass is 32.2. The number of sulfone groups is 1. The summed E-state index contributed by atoms with van der Waals surface area (Å²) in [6, 6.07) is 6.81. The number of hydrogen-bond acceptors (Lipinski definition) is 4. The van der Waals surface area contributed by atoms with Crippen LogP contribution in [0.4, 0.5) is 0 Å². The van der Waals surface area contributed by atoms with Gasteiger partial charge in [-0.05, 0) is 24.6 Å². The molecule has 0 aromatic heterocycles. The SMILES string of the molecule is CCS(=O)(=O)c1ccc(C(C)OCCN)cc1. The van der Waals surface area contributed by atoms with E-state index in [0.29, 0.717) is 18.0 Å². The summed E-state index contributed by atoms with van der Waals surface area (Å²) in [5.41, 5.74) is 6.30. The van der Waals surface area contributed by atoms with Gasteiger partial charge in [0.15, 0.2) is 9.84 Å². The van der Waals surface area contributed by atoms with Crippen molar-refractivity contribution in [1.29, 1.82) is 0 Å². The van der Waals surface area contributed by atoms with Gasteiger partial charge in [-0.15, -0.1) is 0 Å². The maximum absolute atomic E-state index is 11.6. The second kappa shape index (κ2) is 6.14. The summed E-state index contributed by atoms with van der Waals surface area (Å²) in [5.74, 6) is 0.117. The van der Waals surface area contributed by atoms with Gasteiger partial charge < -0.3 is 10.5 Å². The minimum Gasteiger partial charge on any atom is -0.373 e. The first-order valence-corrected chi connectivity index (χ1v) is 7.31. The van der Waals surface area contributed by atoms with Gasteiger partial charge in [0.1, 0.15) is 0 Å². The van der Waals surface area contributed by atoms with Gasteiger partial charge in [0.2, 0.25) is 0 Å². The van der Waals surface area contributed by atoms with Crippen LogP contribution in [0.15, 0.2) is 29.2 Å². The van der Waals surface area contributed by atoms with Gasteiger partial charge in [-0.1, -0.05) is 19.1 Å². The van der Waals surface area contributed by atoms with E-state index in [1.54, 1.807) is 31.2 Å². The molecule has 1 aromatic carbocycles. The van der Waals surface area contributed by atoms with Crippen LogP contribution in [0.3, 0.4) is 0 Å². The summed E-state index contributed by atoms with van der Waals surface area (Å²) >= 11 is 0.